The molecule has 0 saturated carbocycles. The van der Waals surface area contributed by atoms with E-state index in [0.717, 1.165) is 26.9 Å². The van der Waals surface area contributed by atoms with Gasteiger partial charge in [-0.2, -0.15) is 0 Å². The van der Waals surface area contributed by atoms with Crippen LogP contribution in [0.25, 0.3) is 16.0 Å². The van der Waals surface area contributed by atoms with E-state index in [1.165, 1.54) is 30.5 Å². The van der Waals surface area contributed by atoms with E-state index < -0.39 is 17.7 Å². The molecule has 1 aliphatic heterocycles. The molecule has 1 unspecified atom stereocenters. The Morgan fingerprint density at radius 3 is 2.30 bits per heavy atom. The van der Waals surface area contributed by atoms with Gasteiger partial charge in [-0.25, -0.2) is 4.98 Å². The average Bonchev–Trinajstić information content (AvgIpc) is 3.42. The standard InChI is InChI=1S/C29H26N2O5S/c1-15-6-8-18(9-7-15)26(32)23-25(19-10-11-20(35-4)21(14-19)36-5)31(28(34)27(23)33)29-30-24-17(3)12-16(2)13-22(24)37-29/h6-14,25,32H,1-5H3. The molecule has 5 rings (SSSR count). The number of aliphatic hydroxyl groups excluding tert-OH is 1. The predicted octanol–water partition coefficient (Wildman–Crippen LogP) is 5.87. The molecule has 0 spiro atoms. The van der Waals surface area contributed by atoms with Crippen molar-refractivity contribution >= 4 is 44.1 Å². The van der Waals surface area contributed by atoms with Crippen LogP contribution in [0.3, 0.4) is 0 Å². The minimum Gasteiger partial charge on any atom is -0.507 e. The summed E-state index contributed by atoms with van der Waals surface area (Å²) < 4.78 is 11.8. The first kappa shape index (κ1) is 24.5. The monoisotopic (exact) mass is 514 g/mol. The molecular formula is C29H26N2O5S. The third kappa shape index (κ3) is 4.13. The topological polar surface area (TPSA) is 89.0 Å². The van der Waals surface area contributed by atoms with Crippen molar-refractivity contribution in [2.75, 3.05) is 19.1 Å². The summed E-state index contributed by atoms with van der Waals surface area (Å²) in [5.74, 6) is -0.815. The average molecular weight is 515 g/mol. The summed E-state index contributed by atoms with van der Waals surface area (Å²) in [6.07, 6.45) is 0. The van der Waals surface area contributed by atoms with Crippen molar-refractivity contribution in [2.24, 2.45) is 0 Å². The number of ketones is 1. The Balaban J connectivity index is 1.76. The molecule has 188 valence electrons. The van der Waals surface area contributed by atoms with E-state index in [-0.39, 0.29) is 11.3 Å². The minimum absolute atomic E-state index is 0.00627. The van der Waals surface area contributed by atoms with Gasteiger partial charge in [-0.3, -0.25) is 14.5 Å². The van der Waals surface area contributed by atoms with Crippen LogP contribution in [0.4, 0.5) is 5.13 Å². The van der Waals surface area contributed by atoms with Gasteiger partial charge in [0.15, 0.2) is 16.6 Å². The molecule has 1 atom stereocenters. The summed E-state index contributed by atoms with van der Waals surface area (Å²) in [6, 6.07) is 15.5. The Labute approximate surface area is 218 Å². The first-order valence-electron chi connectivity index (χ1n) is 11.7. The van der Waals surface area contributed by atoms with E-state index in [2.05, 4.69) is 0 Å². The highest BCUT2D eigenvalue weighted by Crippen LogP contribution is 2.46. The quantitative estimate of drug-likeness (QED) is 0.204. The number of methoxy groups -OCH3 is 2. The maximum Gasteiger partial charge on any atom is 0.301 e. The Kier molecular flexibility index (Phi) is 6.21. The van der Waals surface area contributed by atoms with E-state index in [0.29, 0.717) is 27.8 Å². The summed E-state index contributed by atoms with van der Waals surface area (Å²) in [7, 11) is 3.05. The van der Waals surface area contributed by atoms with Crippen LogP contribution >= 0.6 is 11.3 Å². The van der Waals surface area contributed by atoms with Gasteiger partial charge in [0.1, 0.15) is 5.76 Å². The Bertz CT molecular complexity index is 1590. The fourth-order valence-corrected chi connectivity index (χ4v) is 5.87. The van der Waals surface area contributed by atoms with E-state index >= 15 is 0 Å². The Morgan fingerprint density at radius 2 is 1.62 bits per heavy atom. The molecule has 37 heavy (non-hydrogen) atoms. The van der Waals surface area contributed by atoms with Gasteiger partial charge in [0, 0.05) is 5.56 Å². The van der Waals surface area contributed by atoms with E-state index in [4.69, 9.17) is 14.5 Å². The fourth-order valence-electron chi connectivity index (χ4n) is 4.70. The van der Waals surface area contributed by atoms with Crippen LogP contribution in [0.5, 0.6) is 11.5 Å². The van der Waals surface area contributed by atoms with Crippen molar-refractivity contribution < 1.29 is 24.2 Å². The molecule has 0 radical (unpaired) electrons. The number of anilines is 1. The summed E-state index contributed by atoms with van der Waals surface area (Å²) >= 11 is 1.34. The van der Waals surface area contributed by atoms with Gasteiger partial charge >= 0.3 is 5.91 Å². The van der Waals surface area contributed by atoms with Crippen molar-refractivity contribution in [1.82, 2.24) is 4.98 Å². The van der Waals surface area contributed by atoms with Crippen LogP contribution in [0.1, 0.15) is 33.9 Å². The molecule has 1 amide bonds. The van der Waals surface area contributed by atoms with Crippen molar-refractivity contribution in [3.05, 3.63) is 88.0 Å². The van der Waals surface area contributed by atoms with Crippen LogP contribution < -0.4 is 14.4 Å². The van der Waals surface area contributed by atoms with Crippen LogP contribution in [-0.4, -0.2) is 36.0 Å². The smallest absolute Gasteiger partial charge is 0.301 e. The van der Waals surface area contributed by atoms with E-state index in [1.54, 1.807) is 30.3 Å². The molecule has 0 aliphatic carbocycles. The van der Waals surface area contributed by atoms with Gasteiger partial charge in [-0.1, -0.05) is 53.3 Å². The zero-order valence-corrected chi connectivity index (χ0v) is 22.0. The van der Waals surface area contributed by atoms with Gasteiger partial charge in [0.2, 0.25) is 0 Å². The van der Waals surface area contributed by atoms with Gasteiger partial charge < -0.3 is 14.6 Å². The normalized spacial score (nSPS) is 17.0. The number of aliphatic hydroxyl groups is 1. The van der Waals surface area contributed by atoms with Crippen LogP contribution in [-0.2, 0) is 9.59 Å². The second kappa shape index (κ2) is 9.37. The number of benzene rings is 3. The zero-order chi connectivity index (χ0) is 26.4. The lowest BCUT2D eigenvalue weighted by Gasteiger charge is -2.23. The molecule has 3 aromatic carbocycles. The number of hydrogen-bond donors (Lipinski definition) is 1. The number of carbonyl (C=O) groups is 2. The first-order chi connectivity index (χ1) is 17.7. The summed E-state index contributed by atoms with van der Waals surface area (Å²) in [5.41, 5.74) is 4.87. The summed E-state index contributed by atoms with van der Waals surface area (Å²) in [5, 5.41) is 11.7. The Hall–Kier alpha value is -4.17. The van der Waals surface area contributed by atoms with Crippen molar-refractivity contribution in [3.8, 4) is 11.5 Å². The molecule has 8 heteroatoms. The maximum absolute atomic E-state index is 13.5. The molecule has 7 nitrogen and oxygen atoms in total. The highest BCUT2D eigenvalue weighted by atomic mass is 32.1. The number of amides is 1. The van der Waals surface area contributed by atoms with Crippen LogP contribution in [0, 0.1) is 20.8 Å². The predicted molar refractivity (Wildman–Crippen MR) is 145 cm³/mol. The molecule has 1 aliphatic rings. The summed E-state index contributed by atoms with van der Waals surface area (Å²) in [4.78, 5) is 33.2. The molecular weight excluding hydrogens is 488 g/mol. The molecule has 0 bridgehead atoms. The van der Waals surface area contributed by atoms with Crippen LogP contribution in [0.2, 0.25) is 0 Å². The molecule has 2 heterocycles. The maximum atomic E-state index is 13.5. The van der Waals surface area contributed by atoms with Gasteiger partial charge in [0.05, 0.1) is 36.1 Å². The van der Waals surface area contributed by atoms with Crippen LogP contribution in [0.15, 0.2) is 60.2 Å². The largest absolute Gasteiger partial charge is 0.507 e. The first-order valence-corrected chi connectivity index (χ1v) is 12.5. The molecule has 1 saturated heterocycles. The third-order valence-electron chi connectivity index (χ3n) is 6.52. The number of fused-ring (bicyclic) bond motifs is 1. The summed E-state index contributed by atoms with van der Waals surface area (Å²) in [6.45, 7) is 5.91. The second-order valence-corrected chi connectivity index (χ2v) is 10.1. The SMILES string of the molecule is COc1ccc(C2C(=C(O)c3ccc(C)cc3)C(=O)C(=O)N2c2nc3c(C)cc(C)cc3s2)cc1OC. The lowest BCUT2D eigenvalue weighted by Crippen LogP contribution is -2.29. The molecule has 1 fully saturated rings. The number of thiazole rings is 1. The van der Waals surface area contributed by atoms with Gasteiger partial charge in [-0.05, 0) is 55.7 Å². The highest BCUT2D eigenvalue weighted by molar-refractivity contribution is 7.22. The minimum atomic E-state index is -0.914. The number of aromatic nitrogens is 1. The lowest BCUT2D eigenvalue weighted by atomic mass is 9.95. The van der Waals surface area contributed by atoms with E-state index in [9.17, 15) is 14.7 Å². The molecule has 4 aromatic rings. The van der Waals surface area contributed by atoms with Gasteiger partial charge in [0.25, 0.3) is 5.78 Å². The number of aryl methyl sites for hydroxylation is 3. The van der Waals surface area contributed by atoms with Crippen molar-refractivity contribution in [1.29, 1.82) is 0 Å². The fraction of sp³-hybridized carbons (Fsp3) is 0.207. The zero-order valence-electron chi connectivity index (χ0n) is 21.2. The Morgan fingerprint density at radius 1 is 0.919 bits per heavy atom. The van der Waals surface area contributed by atoms with Gasteiger partial charge in [-0.15, -0.1) is 0 Å². The van der Waals surface area contributed by atoms with Crippen molar-refractivity contribution in [2.45, 2.75) is 26.8 Å². The third-order valence-corrected chi connectivity index (χ3v) is 7.52. The lowest BCUT2D eigenvalue weighted by molar-refractivity contribution is -0.132. The highest BCUT2D eigenvalue weighted by Gasteiger charge is 2.48. The number of rotatable bonds is 5. The number of Topliss-reactive ketones (excluding diaryl/α,β-unsaturated/α-hetero) is 1. The second-order valence-electron chi connectivity index (χ2n) is 9.07. The molecule has 1 aromatic heterocycles. The van der Waals surface area contributed by atoms with E-state index in [1.807, 2.05) is 45.0 Å². The molecule has 1 N–H and O–H groups in total. The van der Waals surface area contributed by atoms with Crippen molar-refractivity contribution in [3.63, 3.8) is 0 Å². The number of nitrogens with zero attached hydrogens (tertiary/aromatic N) is 2. The number of carbonyl (C=O) groups excluding carboxylic acids is 2. The number of hydrogen-bond acceptors (Lipinski definition) is 7. The number of ether oxygens (including phenoxy) is 2.